The fraction of sp³-hybridized carbons (Fsp3) is 0.250. The van der Waals surface area contributed by atoms with Gasteiger partial charge in [-0.05, 0) is 12.5 Å². The highest BCUT2D eigenvalue weighted by Gasteiger charge is 2.13. The number of aromatic nitrogens is 2. The van der Waals surface area contributed by atoms with E-state index in [0.717, 1.165) is 11.5 Å². The number of nitrogens with one attached hydrogen (secondary N) is 1. The van der Waals surface area contributed by atoms with E-state index in [2.05, 4.69) is 10.3 Å². The van der Waals surface area contributed by atoms with Crippen LogP contribution in [0.3, 0.4) is 0 Å². The molecule has 0 unspecified atom stereocenters. The van der Waals surface area contributed by atoms with Crippen molar-refractivity contribution in [3.63, 3.8) is 0 Å². The van der Waals surface area contributed by atoms with Crippen molar-refractivity contribution in [1.82, 2.24) is 9.55 Å². The first-order valence-corrected chi connectivity index (χ1v) is 5.53. The number of hydrogen-bond donors (Lipinski definition) is 1. The number of nitrogens with zero attached hydrogens (tertiary/aromatic N) is 3. The second-order valence-electron chi connectivity index (χ2n) is 4.03. The van der Waals surface area contributed by atoms with Gasteiger partial charge in [-0.2, -0.15) is 0 Å². The van der Waals surface area contributed by atoms with Crippen molar-refractivity contribution in [3.05, 3.63) is 51.8 Å². The van der Waals surface area contributed by atoms with Crippen molar-refractivity contribution < 1.29 is 4.92 Å². The van der Waals surface area contributed by atoms with Crippen LogP contribution in [0, 0.1) is 17.0 Å². The van der Waals surface area contributed by atoms with Crippen LogP contribution in [0.2, 0.25) is 0 Å². The van der Waals surface area contributed by atoms with Gasteiger partial charge in [0.15, 0.2) is 0 Å². The van der Waals surface area contributed by atoms with Crippen LogP contribution < -0.4 is 5.32 Å². The molecular formula is C12H14N4O2. The molecule has 0 amide bonds. The van der Waals surface area contributed by atoms with Gasteiger partial charge >= 0.3 is 0 Å². The van der Waals surface area contributed by atoms with E-state index in [1.165, 1.54) is 6.07 Å². The second kappa shape index (κ2) is 4.87. The number of imidazole rings is 1. The highest BCUT2D eigenvalue weighted by Crippen LogP contribution is 2.21. The zero-order valence-electron chi connectivity index (χ0n) is 10.3. The maximum atomic E-state index is 10.8. The first-order valence-electron chi connectivity index (χ1n) is 5.53. The molecule has 0 fully saturated rings. The summed E-state index contributed by atoms with van der Waals surface area (Å²) in [5.41, 5.74) is 1.73. The van der Waals surface area contributed by atoms with E-state index in [1.54, 1.807) is 19.2 Å². The average Bonchev–Trinajstić information content (AvgIpc) is 2.73. The zero-order valence-corrected chi connectivity index (χ0v) is 10.3. The maximum absolute atomic E-state index is 10.8. The molecule has 18 heavy (non-hydrogen) atoms. The number of nitro groups is 1. The highest BCUT2D eigenvalue weighted by molar-refractivity contribution is 5.45. The fourth-order valence-corrected chi connectivity index (χ4v) is 1.77. The van der Waals surface area contributed by atoms with E-state index in [1.807, 2.05) is 23.9 Å². The summed E-state index contributed by atoms with van der Waals surface area (Å²) in [6.45, 7) is 2.27. The quantitative estimate of drug-likeness (QED) is 0.663. The van der Waals surface area contributed by atoms with Crippen molar-refractivity contribution >= 4 is 11.6 Å². The Balaban J connectivity index is 2.17. The minimum atomic E-state index is -0.362. The number of benzene rings is 1. The van der Waals surface area contributed by atoms with Gasteiger partial charge in [-0.15, -0.1) is 0 Å². The Bertz CT molecular complexity index is 577. The van der Waals surface area contributed by atoms with E-state index in [0.29, 0.717) is 12.1 Å². The maximum Gasteiger partial charge on any atom is 0.272 e. The third-order valence-electron chi connectivity index (χ3n) is 2.87. The van der Waals surface area contributed by atoms with Crippen molar-refractivity contribution in [2.45, 2.75) is 13.5 Å². The summed E-state index contributed by atoms with van der Waals surface area (Å²) in [5.74, 6) is 0.737. The third kappa shape index (κ3) is 2.32. The normalized spacial score (nSPS) is 10.3. The lowest BCUT2D eigenvalue weighted by Gasteiger charge is -2.08. The summed E-state index contributed by atoms with van der Waals surface area (Å²) < 4.78 is 1.85. The van der Waals surface area contributed by atoms with Crippen molar-refractivity contribution in [1.29, 1.82) is 0 Å². The standard InChI is InChI=1S/C12H14N4O2/c1-9-10(4-3-5-11(9)16(17)18)8-14-12-13-6-7-15(12)2/h3-7H,8H2,1-2H3,(H,13,14). The van der Waals surface area contributed by atoms with Crippen LogP contribution in [0.1, 0.15) is 11.1 Å². The number of hydrogen-bond acceptors (Lipinski definition) is 4. The molecule has 0 aliphatic heterocycles. The molecule has 1 aromatic carbocycles. The SMILES string of the molecule is Cc1c(CNc2nccn2C)cccc1[N+](=O)[O-]. The van der Waals surface area contributed by atoms with Gasteiger partial charge in [0, 0.05) is 37.6 Å². The van der Waals surface area contributed by atoms with Crippen molar-refractivity contribution in [2.75, 3.05) is 5.32 Å². The highest BCUT2D eigenvalue weighted by atomic mass is 16.6. The van der Waals surface area contributed by atoms with Crippen LogP contribution in [0.15, 0.2) is 30.6 Å². The molecule has 0 radical (unpaired) electrons. The molecule has 1 N–H and O–H groups in total. The molecule has 1 heterocycles. The van der Waals surface area contributed by atoms with E-state index in [-0.39, 0.29) is 10.6 Å². The second-order valence-corrected chi connectivity index (χ2v) is 4.03. The van der Waals surface area contributed by atoms with Gasteiger partial charge in [0.25, 0.3) is 5.69 Å². The van der Waals surface area contributed by atoms with Crippen LogP contribution in [-0.2, 0) is 13.6 Å². The summed E-state index contributed by atoms with van der Waals surface area (Å²) in [5, 5.41) is 14.0. The van der Waals surface area contributed by atoms with Crippen LogP contribution in [0.25, 0.3) is 0 Å². The lowest BCUT2D eigenvalue weighted by molar-refractivity contribution is -0.385. The molecule has 0 aliphatic carbocycles. The van der Waals surface area contributed by atoms with Gasteiger partial charge in [0.1, 0.15) is 0 Å². The van der Waals surface area contributed by atoms with Gasteiger partial charge in [0.2, 0.25) is 5.95 Å². The molecule has 0 atom stereocenters. The van der Waals surface area contributed by atoms with Gasteiger partial charge in [-0.3, -0.25) is 10.1 Å². The zero-order chi connectivity index (χ0) is 13.1. The Kier molecular flexibility index (Phi) is 3.27. The van der Waals surface area contributed by atoms with Crippen LogP contribution >= 0.6 is 0 Å². The molecule has 0 saturated heterocycles. The Morgan fingerprint density at radius 3 is 2.89 bits per heavy atom. The molecule has 2 rings (SSSR count). The predicted octanol–water partition coefficient (Wildman–Crippen LogP) is 2.25. The van der Waals surface area contributed by atoms with E-state index in [4.69, 9.17) is 0 Å². The fourth-order valence-electron chi connectivity index (χ4n) is 1.77. The van der Waals surface area contributed by atoms with Gasteiger partial charge < -0.3 is 9.88 Å². The Hall–Kier alpha value is -2.37. The first-order chi connectivity index (χ1) is 8.59. The van der Waals surface area contributed by atoms with E-state index in [9.17, 15) is 10.1 Å². The lowest BCUT2D eigenvalue weighted by Crippen LogP contribution is -2.06. The molecule has 94 valence electrons. The summed E-state index contributed by atoms with van der Waals surface area (Å²) in [4.78, 5) is 14.6. The number of aryl methyl sites for hydroxylation is 1. The Labute approximate surface area is 104 Å². The molecule has 6 heteroatoms. The van der Waals surface area contributed by atoms with Crippen LogP contribution in [0.4, 0.5) is 11.6 Å². The molecule has 0 saturated carbocycles. The van der Waals surface area contributed by atoms with E-state index < -0.39 is 0 Å². The smallest absolute Gasteiger partial charge is 0.272 e. The van der Waals surface area contributed by atoms with Gasteiger partial charge in [-0.25, -0.2) is 4.98 Å². The summed E-state index contributed by atoms with van der Waals surface area (Å²) in [6.07, 6.45) is 3.53. The predicted molar refractivity (Wildman–Crippen MR) is 68.4 cm³/mol. The van der Waals surface area contributed by atoms with Crippen LogP contribution in [0.5, 0.6) is 0 Å². The van der Waals surface area contributed by atoms with Crippen molar-refractivity contribution in [3.8, 4) is 0 Å². The lowest BCUT2D eigenvalue weighted by atomic mass is 10.1. The Morgan fingerprint density at radius 1 is 1.50 bits per heavy atom. The molecule has 2 aromatic rings. The largest absolute Gasteiger partial charge is 0.352 e. The van der Waals surface area contributed by atoms with Gasteiger partial charge in [0.05, 0.1) is 4.92 Å². The summed E-state index contributed by atoms with van der Waals surface area (Å²) in [6, 6.07) is 5.08. The topological polar surface area (TPSA) is 73.0 Å². The monoisotopic (exact) mass is 246 g/mol. The van der Waals surface area contributed by atoms with E-state index >= 15 is 0 Å². The van der Waals surface area contributed by atoms with Gasteiger partial charge in [-0.1, -0.05) is 12.1 Å². The minimum absolute atomic E-state index is 0.147. The minimum Gasteiger partial charge on any atom is -0.352 e. The number of anilines is 1. The summed E-state index contributed by atoms with van der Waals surface area (Å²) in [7, 11) is 1.88. The molecule has 0 spiro atoms. The number of rotatable bonds is 4. The first kappa shape index (κ1) is 12.1. The van der Waals surface area contributed by atoms with Crippen LogP contribution in [-0.4, -0.2) is 14.5 Å². The van der Waals surface area contributed by atoms with Crippen molar-refractivity contribution in [2.24, 2.45) is 7.05 Å². The molecule has 1 aromatic heterocycles. The third-order valence-corrected chi connectivity index (χ3v) is 2.87. The molecule has 0 bridgehead atoms. The summed E-state index contributed by atoms with van der Waals surface area (Å²) >= 11 is 0. The number of nitro benzene ring substituents is 1. The Morgan fingerprint density at radius 2 is 2.28 bits per heavy atom. The molecule has 0 aliphatic rings. The molecular weight excluding hydrogens is 232 g/mol. The molecule has 6 nitrogen and oxygen atoms in total. The average molecular weight is 246 g/mol.